The Bertz CT molecular complexity index is 1420. The molecule has 42 heavy (non-hydrogen) atoms. The number of Topliss-reactive ketones (excluding diaryl/α,β-unsaturated/α-hetero) is 2. The summed E-state index contributed by atoms with van der Waals surface area (Å²) in [5, 5.41) is 20.3. The van der Waals surface area contributed by atoms with Gasteiger partial charge < -0.3 is 20.0 Å². The average Bonchev–Trinajstić information content (AvgIpc) is 2.98. The van der Waals surface area contributed by atoms with Crippen molar-refractivity contribution in [2.75, 3.05) is 52.9 Å². The topological polar surface area (TPSA) is 101 Å². The molecular formula is C33H36FN3O5. The highest BCUT2D eigenvalue weighted by Gasteiger charge is 2.46. The zero-order chi connectivity index (χ0) is 30.0. The third-order valence-corrected chi connectivity index (χ3v) is 8.60. The Morgan fingerprint density at radius 3 is 1.86 bits per heavy atom. The molecule has 0 bridgehead atoms. The number of phenols is 2. The van der Waals surface area contributed by atoms with Gasteiger partial charge in [-0.2, -0.15) is 0 Å². The molecule has 0 saturated carbocycles. The molecule has 220 valence electrons. The molecule has 5 rings (SSSR count). The van der Waals surface area contributed by atoms with Crippen molar-refractivity contribution >= 4 is 17.5 Å². The van der Waals surface area contributed by atoms with Gasteiger partial charge in [0.1, 0.15) is 17.3 Å². The number of carbonyl (C=O) groups excluding carboxylic acids is 3. The Balaban J connectivity index is 1.57. The summed E-state index contributed by atoms with van der Waals surface area (Å²) in [4.78, 5) is 47.6. The number of rotatable bonds is 7. The fraction of sp³-hybridized carbons (Fsp3) is 0.364. The van der Waals surface area contributed by atoms with Crippen LogP contribution in [0.3, 0.4) is 0 Å². The van der Waals surface area contributed by atoms with Crippen molar-refractivity contribution in [3.63, 3.8) is 0 Å². The minimum Gasteiger partial charge on any atom is -0.508 e. The lowest BCUT2D eigenvalue weighted by Gasteiger charge is -2.44. The molecule has 3 aromatic carbocycles. The van der Waals surface area contributed by atoms with Crippen LogP contribution in [-0.4, -0.2) is 95.2 Å². The van der Waals surface area contributed by atoms with Gasteiger partial charge in [0.15, 0.2) is 11.6 Å². The second-order valence-corrected chi connectivity index (χ2v) is 11.4. The Morgan fingerprint density at radius 1 is 0.810 bits per heavy atom. The molecule has 2 heterocycles. The van der Waals surface area contributed by atoms with Gasteiger partial charge in [0, 0.05) is 68.1 Å². The number of carbonyl (C=O) groups is 3. The van der Waals surface area contributed by atoms with E-state index in [-0.39, 0.29) is 59.7 Å². The zero-order valence-electron chi connectivity index (χ0n) is 23.9. The Kier molecular flexibility index (Phi) is 8.70. The highest BCUT2D eigenvalue weighted by molar-refractivity contribution is 6.02. The number of benzene rings is 3. The third kappa shape index (κ3) is 6.22. The van der Waals surface area contributed by atoms with E-state index in [4.69, 9.17) is 0 Å². The SMILES string of the molecule is Cc1c(F)cccc1C1[C@@H](C(=O)c2cccc(O)c2)CN(CC(=O)N2CCN(C)CC2)C[C@@H]1C(=O)c1cccc(O)c1. The fourth-order valence-corrected chi connectivity index (χ4v) is 6.27. The number of piperazine rings is 1. The summed E-state index contributed by atoms with van der Waals surface area (Å²) in [6, 6.07) is 16.8. The van der Waals surface area contributed by atoms with Gasteiger partial charge >= 0.3 is 0 Å². The van der Waals surface area contributed by atoms with Gasteiger partial charge in [-0.05, 0) is 55.4 Å². The van der Waals surface area contributed by atoms with Crippen LogP contribution in [0.4, 0.5) is 4.39 Å². The molecule has 8 nitrogen and oxygen atoms in total. The molecule has 1 amide bonds. The van der Waals surface area contributed by atoms with Crippen LogP contribution < -0.4 is 0 Å². The van der Waals surface area contributed by atoms with Crippen LogP contribution in [0.5, 0.6) is 11.5 Å². The molecule has 0 spiro atoms. The molecule has 0 unspecified atom stereocenters. The molecular weight excluding hydrogens is 537 g/mol. The summed E-state index contributed by atoms with van der Waals surface area (Å²) in [7, 11) is 2.01. The van der Waals surface area contributed by atoms with Gasteiger partial charge in [0.2, 0.25) is 5.91 Å². The second-order valence-electron chi connectivity index (χ2n) is 11.4. The smallest absolute Gasteiger partial charge is 0.236 e. The van der Waals surface area contributed by atoms with E-state index < -0.39 is 23.6 Å². The monoisotopic (exact) mass is 573 g/mol. The van der Waals surface area contributed by atoms with E-state index in [1.807, 2.05) is 11.9 Å². The number of hydrogen-bond acceptors (Lipinski definition) is 7. The van der Waals surface area contributed by atoms with Crippen molar-refractivity contribution < 1.29 is 29.0 Å². The summed E-state index contributed by atoms with van der Waals surface area (Å²) in [5.41, 5.74) is 1.45. The van der Waals surface area contributed by atoms with Crippen molar-refractivity contribution in [1.29, 1.82) is 0 Å². The largest absolute Gasteiger partial charge is 0.508 e. The van der Waals surface area contributed by atoms with Gasteiger partial charge in [-0.15, -0.1) is 0 Å². The first kappa shape index (κ1) is 29.4. The number of amides is 1. The first-order chi connectivity index (χ1) is 20.1. The lowest BCUT2D eigenvalue weighted by atomic mass is 9.67. The summed E-state index contributed by atoms with van der Waals surface area (Å²) in [6.07, 6.45) is 0. The Labute approximate surface area is 245 Å². The maximum absolute atomic E-state index is 14.9. The van der Waals surface area contributed by atoms with Crippen LogP contribution in [0.1, 0.15) is 37.8 Å². The number of likely N-dealkylation sites (N-methyl/N-ethyl adjacent to an activating group) is 1. The van der Waals surface area contributed by atoms with Crippen LogP contribution in [0.25, 0.3) is 0 Å². The summed E-state index contributed by atoms with van der Waals surface area (Å²) in [6.45, 7) is 4.77. The van der Waals surface area contributed by atoms with Crippen LogP contribution in [0.15, 0.2) is 66.7 Å². The highest BCUT2D eigenvalue weighted by atomic mass is 19.1. The van der Waals surface area contributed by atoms with Gasteiger partial charge in [0.25, 0.3) is 0 Å². The van der Waals surface area contributed by atoms with Crippen molar-refractivity contribution in [2.45, 2.75) is 12.8 Å². The van der Waals surface area contributed by atoms with Crippen LogP contribution >= 0.6 is 0 Å². The first-order valence-electron chi connectivity index (χ1n) is 14.2. The van der Waals surface area contributed by atoms with Crippen LogP contribution in [0, 0.1) is 24.6 Å². The normalized spacial score (nSPS) is 20.4. The van der Waals surface area contributed by atoms with Gasteiger partial charge in [-0.1, -0.05) is 36.4 Å². The van der Waals surface area contributed by atoms with Crippen molar-refractivity contribution in [2.24, 2.45) is 11.8 Å². The molecule has 0 aliphatic carbocycles. The Hall–Kier alpha value is -4.08. The van der Waals surface area contributed by atoms with E-state index in [1.54, 1.807) is 48.2 Å². The van der Waals surface area contributed by atoms with Crippen molar-refractivity contribution in [3.05, 3.63) is 94.8 Å². The van der Waals surface area contributed by atoms with Crippen LogP contribution in [0.2, 0.25) is 0 Å². The summed E-state index contributed by atoms with van der Waals surface area (Å²) >= 11 is 0. The number of ketones is 2. The standard InChI is InChI=1S/C33H36FN3O5/c1-21-26(10-5-11-29(21)34)31-27(32(41)22-6-3-8-24(38)16-22)18-36(20-30(40)37-14-12-35(2)13-15-37)19-28(31)33(42)23-7-4-9-25(39)17-23/h3-11,16-17,27-28,31,38-39H,12-15,18-20H2,1-2H3/t27-,28-/m0/s1. The molecule has 3 aromatic rings. The first-order valence-corrected chi connectivity index (χ1v) is 14.2. The van der Waals surface area contributed by atoms with E-state index >= 15 is 0 Å². The molecule has 2 saturated heterocycles. The minimum absolute atomic E-state index is 0.0339. The lowest BCUT2D eigenvalue weighted by molar-refractivity contribution is -0.134. The number of phenolic OH excluding ortho intramolecular Hbond substituents is 2. The number of hydrogen-bond donors (Lipinski definition) is 2. The fourth-order valence-electron chi connectivity index (χ4n) is 6.27. The predicted octanol–water partition coefficient (Wildman–Crippen LogP) is 3.72. The van der Waals surface area contributed by atoms with Crippen molar-refractivity contribution in [1.82, 2.24) is 14.7 Å². The summed E-state index contributed by atoms with van der Waals surface area (Å²) < 4.78 is 14.9. The maximum atomic E-state index is 14.9. The number of likely N-dealkylation sites (tertiary alicyclic amines) is 1. The van der Waals surface area contributed by atoms with Gasteiger partial charge in [-0.25, -0.2) is 4.39 Å². The number of halogens is 1. The second kappa shape index (κ2) is 12.4. The third-order valence-electron chi connectivity index (χ3n) is 8.60. The molecule has 2 fully saturated rings. The van der Waals surface area contributed by atoms with Gasteiger partial charge in [0.05, 0.1) is 6.54 Å². The summed E-state index contributed by atoms with van der Waals surface area (Å²) in [5.74, 6) is -3.58. The molecule has 2 atom stereocenters. The van der Waals surface area contributed by atoms with E-state index in [0.717, 1.165) is 13.1 Å². The lowest BCUT2D eigenvalue weighted by Crippen LogP contribution is -2.55. The molecule has 2 aliphatic rings. The highest BCUT2D eigenvalue weighted by Crippen LogP contribution is 2.42. The molecule has 0 radical (unpaired) electrons. The van der Waals surface area contributed by atoms with Crippen molar-refractivity contribution in [3.8, 4) is 11.5 Å². The number of piperidine rings is 1. The Morgan fingerprint density at radius 2 is 1.33 bits per heavy atom. The molecule has 2 aliphatic heterocycles. The van der Waals surface area contributed by atoms with Crippen LogP contribution in [-0.2, 0) is 4.79 Å². The average molecular weight is 574 g/mol. The number of nitrogens with zero attached hydrogens (tertiary/aromatic N) is 3. The molecule has 2 N–H and O–H groups in total. The molecule has 9 heteroatoms. The zero-order valence-corrected chi connectivity index (χ0v) is 23.9. The number of aromatic hydroxyl groups is 2. The van der Waals surface area contributed by atoms with E-state index in [9.17, 15) is 29.0 Å². The minimum atomic E-state index is -0.812. The quantitative estimate of drug-likeness (QED) is 0.416. The maximum Gasteiger partial charge on any atom is 0.236 e. The van der Waals surface area contributed by atoms with E-state index in [1.165, 1.54) is 30.3 Å². The van der Waals surface area contributed by atoms with Gasteiger partial charge in [-0.3, -0.25) is 19.3 Å². The van der Waals surface area contributed by atoms with E-state index in [2.05, 4.69) is 4.90 Å². The predicted molar refractivity (Wildman–Crippen MR) is 156 cm³/mol. The molecule has 0 aromatic heterocycles. The van der Waals surface area contributed by atoms with E-state index in [0.29, 0.717) is 24.2 Å².